The van der Waals surface area contributed by atoms with Gasteiger partial charge in [0.25, 0.3) is 5.91 Å². The van der Waals surface area contributed by atoms with Crippen molar-refractivity contribution in [1.29, 1.82) is 0 Å². The molecule has 1 saturated carbocycles. The van der Waals surface area contributed by atoms with Crippen LogP contribution in [0.1, 0.15) is 67.3 Å². The SMILES string of the molecule is CC(CC(=O)Nc1ccccc1C(=O)NC1CCCCC1)c1ccccc1. The van der Waals surface area contributed by atoms with Crippen molar-refractivity contribution < 1.29 is 9.59 Å². The minimum Gasteiger partial charge on any atom is -0.349 e. The highest BCUT2D eigenvalue weighted by Gasteiger charge is 2.19. The maximum Gasteiger partial charge on any atom is 0.253 e. The highest BCUT2D eigenvalue weighted by Crippen LogP contribution is 2.22. The van der Waals surface area contributed by atoms with Gasteiger partial charge in [-0.15, -0.1) is 0 Å². The number of amides is 2. The molecule has 0 aliphatic heterocycles. The number of hydrogen-bond acceptors (Lipinski definition) is 2. The molecule has 1 aliphatic carbocycles. The van der Waals surface area contributed by atoms with Crippen LogP contribution in [0.4, 0.5) is 5.69 Å². The molecule has 1 aliphatic rings. The Morgan fingerprint density at radius 1 is 0.963 bits per heavy atom. The van der Waals surface area contributed by atoms with E-state index in [2.05, 4.69) is 10.6 Å². The molecule has 142 valence electrons. The molecule has 3 rings (SSSR count). The third-order valence-corrected chi connectivity index (χ3v) is 5.25. The van der Waals surface area contributed by atoms with Crippen molar-refractivity contribution in [3.8, 4) is 0 Å². The lowest BCUT2D eigenvalue weighted by atomic mass is 9.95. The van der Waals surface area contributed by atoms with Gasteiger partial charge in [-0.2, -0.15) is 0 Å². The lowest BCUT2D eigenvalue weighted by Crippen LogP contribution is -2.36. The van der Waals surface area contributed by atoms with Crippen LogP contribution >= 0.6 is 0 Å². The van der Waals surface area contributed by atoms with Crippen molar-refractivity contribution in [3.63, 3.8) is 0 Å². The van der Waals surface area contributed by atoms with Crippen LogP contribution in [0.3, 0.4) is 0 Å². The van der Waals surface area contributed by atoms with Gasteiger partial charge in [0, 0.05) is 12.5 Å². The van der Waals surface area contributed by atoms with Crippen molar-refractivity contribution >= 4 is 17.5 Å². The lowest BCUT2D eigenvalue weighted by Gasteiger charge is -2.23. The van der Waals surface area contributed by atoms with Gasteiger partial charge in [-0.05, 0) is 36.5 Å². The average Bonchev–Trinajstić information content (AvgIpc) is 2.69. The van der Waals surface area contributed by atoms with E-state index in [1.807, 2.05) is 49.4 Å². The van der Waals surface area contributed by atoms with Gasteiger partial charge >= 0.3 is 0 Å². The van der Waals surface area contributed by atoms with Gasteiger partial charge < -0.3 is 10.6 Å². The first-order chi connectivity index (χ1) is 13.1. The summed E-state index contributed by atoms with van der Waals surface area (Å²) in [5.74, 6) is -0.0624. The molecule has 0 aromatic heterocycles. The molecular weight excluding hydrogens is 336 g/mol. The van der Waals surface area contributed by atoms with E-state index in [9.17, 15) is 9.59 Å². The highest BCUT2D eigenvalue weighted by atomic mass is 16.2. The molecule has 1 atom stereocenters. The Morgan fingerprint density at radius 3 is 2.37 bits per heavy atom. The number of para-hydroxylation sites is 1. The topological polar surface area (TPSA) is 58.2 Å². The van der Waals surface area contributed by atoms with Gasteiger partial charge in [-0.3, -0.25) is 9.59 Å². The van der Waals surface area contributed by atoms with Crippen LogP contribution in [0.25, 0.3) is 0 Å². The molecule has 0 bridgehead atoms. The summed E-state index contributed by atoms with van der Waals surface area (Å²) in [6.07, 6.45) is 6.03. The molecule has 0 spiro atoms. The number of nitrogens with one attached hydrogen (secondary N) is 2. The predicted molar refractivity (Wildman–Crippen MR) is 109 cm³/mol. The van der Waals surface area contributed by atoms with E-state index in [-0.39, 0.29) is 23.8 Å². The largest absolute Gasteiger partial charge is 0.349 e. The molecule has 4 heteroatoms. The van der Waals surface area contributed by atoms with E-state index >= 15 is 0 Å². The zero-order valence-electron chi connectivity index (χ0n) is 15.9. The van der Waals surface area contributed by atoms with Crippen molar-refractivity contribution in [1.82, 2.24) is 5.32 Å². The molecule has 0 radical (unpaired) electrons. The molecule has 2 amide bonds. The van der Waals surface area contributed by atoms with E-state index in [0.29, 0.717) is 17.7 Å². The van der Waals surface area contributed by atoms with Gasteiger partial charge in [0.15, 0.2) is 0 Å². The molecule has 2 N–H and O–H groups in total. The smallest absolute Gasteiger partial charge is 0.253 e. The minimum atomic E-state index is -0.103. The van der Waals surface area contributed by atoms with Crippen LogP contribution in [0.5, 0.6) is 0 Å². The summed E-state index contributed by atoms with van der Waals surface area (Å²) >= 11 is 0. The van der Waals surface area contributed by atoms with Crippen LogP contribution < -0.4 is 10.6 Å². The molecular formula is C23H28N2O2. The standard InChI is InChI=1S/C23H28N2O2/c1-17(18-10-4-2-5-11-18)16-22(26)25-21-15-9-8-14-20(21)23(27)24-19-12-6-3-7-13-19/h2,4-5,8-11,14-15,17,19H,3,6-7,12-13,16H2,1H3,(H,24,27)(H,25,26). The van der Waals surface area contributed by atoms with Crippen molar-refractivity contribution in [3.05, 3.63) is 65.7 Å². The predicted octanol–water partition coefficient (Wildman–Crippen LogP) is 4.88. The Labute approximate surface area is 161 Å². The van der Waals surface area contributed by atoms with Crippen molar-refractivity contribution in [2.45, 2.75) is 57.4 Å². The number of benzene rings is 2. The first-order valence-electron chi connectivity index (χ1n) is 9.88. The second-order valence-electron chi connectivity index (χ2n) is 7.42. The first kappa shape index (κ1) is 19.2. The monoisotopic (exact) mass is 364 g/mol. The molecule has 1 unspecified atom stereocenters. The van der Waals surface area contributed by atoms with Gasteiger partial charge in [0.05, 0.1) is 11.3 Å². The maximum absolute atomic E-state index is 12.7. The van der Waals surface area contributed by atoms with Crippen LogP contribution in [-0.4, -0.2) is 17.9 Å². The average molecular weight is 364 g/mol. The number of carbonyl (C=O) groups is 2. The second kappa shape index (κ2) is 9.36. The summed E-state index contributed by atoms with van der Waals surface area (Å²) in [5.41, 5.74) is 2.25. The Hall–Kier alpha value is -2.62. The third kappa shape index (κ3) is 5.43. The number of carbonyl (C=O) groups excluding carboxylic acids is 2. The molecule has 1 fully saturated rings. The highest BCUT2D eigenvalue weighted by molar-refractivity contribution is 6.03. The van der Waals surface area contributed by atoms with Crippen LogP contribution in [0.15, 0.2) is 54.6 Å². The summed E-state index contributed by atoms with van der Waals surface area (Å²) in [4.78, 5) is 25.2. The fourth-order valence-electron chi connectivity index (χ4n) is 3.68. The fraction of sp³-hybridized carbons (Fsp3) is 0.391. The van der Waals surface area contributed by atoms with E-state index < -0.39 is 0 Å². The number of anilines is 1. The lowest BCUT2D eigenvalue weighted by molar-refractivity contribution is -0.116. The minimum absolute atomic E-state index is 0.0794. The van der Waals surface area contributed by atoms with Gasteiger partial charge in [-0.1, -0.05) is 68.7 Å². The fourth-order valence-corrected chi connectivity index (χ4v) is 3.68. The Bertz CT molecular complexity index is 767. The van der Waals surface area contributed by atoms with Crippen LogP contribution in [0.2, 0.25) is 0 Å². The molecule has 27 heavy (non-hydrogen) atoms. The van der Waals surface area contributed by atoms with Crippen molar-refractivity contribution in [2.75, 3.05) is 5.32 Å². The summed E-state index contributed by atoms with van der Waals surface area (Å²) in [6.45, 7) is 2.04. The third-order valence-electron chi connectivity index (χ3n) is 5.25. The normalized spacial score (nSPS) is 15.7. The number of hydrogen-bond donors (Lipinski definition) is 2. The molecule has 0 heterocycles. The molecule has 0 saturated heterocycles. The Morgan fingerprint density at radius 2 is 1.63 bits per heavy atom. The first-order valence-corrected chi connectivity index (χ1v) is 9.88. The Balaban J connectivity index is 1.62. The van der Waals surface area contributed by atoms with E-state index in [1.54, 1.807) is 12.1 Å². The zero-order chi connectivity index (χ0) is 19.1. The van der Waals surface area contributed by atoms with Crippen LogP contribution in [-0.2, 0) is 4.79 Å². The van der Waals surface area contributed by atoms with E-state index in [4.69, 9.17) is 0 Å². The molecule has 2 aromatic rings. The number of rotatable bonds is 6. The van der Waals surface area contributed by atoms with Gasteiger partial charge in [-0.25, -0.2) is 0 Å². The summed E-state index contributed by atoms with van der Waals surface area (Å²) in [6, 6.07) is 17.5. The van der Waals surface area contributed by atoms with Gasteiger partial charge in [0.2, 0.25) is 5.91 Å². The van der Waals surface area contributed by atoms with Gasteiger partial charge in [0.1, 0.15) is 0 Å². The quantitative estimate of drug-likeness (QED) is 0.767. The molecule has 4 nitrogen and oxygen atoms in total. The van der Waals surface area contributed by atoms with Crippen LogP contribution in [0, 0.1) is 0 Å². The Kier molecular flexibility index (Phi) is 6.64. The van der Waals surface area contributed by atoms with E-state index in [1.165, 1.54) is 19.3 Å². The van der Waals surface area contributed by atoms with E-state index in [0.717, 1.165) is 18.4 Å². The zero-order valence-corrected chi connectivity index (χ0v) is 15.9. The summed E-state index contributed by atoms with van der Waals surface area (Å²) in [7, 11) is 0. The summed E-state index contributed by atoms with van der Waals surface area (Å²) in [5, 5.41) is 6.05. The molecule has 2 aromatic carbocycles. The summed E-state index contributed by atoms with van der Waals surface area (Å²) < 4.78 is 0. The second-order valence-corrected chi connectivity index (χ2v) is 7.42. The van der Waals surface area contributed by atoms with Crippen molar-refractivity contribution in [2.24, 2.45) is 0 Å². The maximum atomic E-state index is 12.7.